The van der Waals surface area contributed by atoms with E-state index in [2.05, 4.69) is 10.3 Å². The number of benzene rings is 1. The van der Waals surface area contributed by atoms with Crippen molar-refractivity contribution in [2.75, 3.05) is 5.32 Å². The molecule has 1 atom stereocenters. The van der Waals surface area contributed by atoms with E-state index in [0.29, 0.717) is 0 Å². The van der Waals surface area contributed by atoms with Crippen LogP contribution in [-0.4, -0.2) is 4.98 Å². The van der Waals surface area contributed by atoms with Crippen LogP contribution in [0.5, 0.6) is 0 Å². The SMILES string of the molecule is CC(N)c1ccc(Nc2ccc(Cl)cc2)nc1. The predicted octanol–water partition coefficient (Wildman–Crippen LogP) is 3.50. The number of rotatable bonds is 3. The van der Waals surface area contributed by atoms with Gasteiger partial charge >= 0.3 is 0 Å². The summed E-state index contributed by atoms with van der Waals surface area (Å²) in [7, 11) is 0. The Morgan fingerprint density at radius 3 is 2.41 bits per heavy atom. The number of nitrogens with one attached hydrogen (secondary N) is 1. The maximum absolute atomic E-state index is 5.81. The second kappa shape index (κ2) is 5.17. The molecule has 88 valence electrons. The minimum absolute atomic E-state index is 0.00656. The van der Waals surface area contributed by atoms with Crippen molar-refractivity contribution in [2.24, 2.45) is 5.73 Å². The van der Waals surface area contributed by atoms with Crippen LogP contribution in [0.4, 0.5) is 11.5 Å². The van der Waals surface area contributed by atoms with Crippen molar-refractivity contribution in [3.63, 3.8) is 0 Å². The minimum atomic E-state index is 0.00656. The second-order valence-corrected chi connectivity index (χ2v) is 4.33. The highest BCUT2D eigenvalue weighted by Gasteiger charge is 2.00. The molecule has 0 saturated heterocycles. The van der Waals surface area contributed by atoms with E-state index in [4.69, 9.17) is 17.3 Å². The summed E-state index contributed by atoms with van der Waals surface area (Å²) < 4.78 is 0. The number of halogens is 1. The van der Waals surface area contributed by atoms with Crippen molar-refractivity contribution < 1.29 is 0 Å². The molecule has 2 aromatic rings. The Morgan fingerprint density at radius 2 is 1.88 bits per heavy atom. The third kappa shape index (κ3) is 3.19. The van der Waals surface area contributed by atoms with Gasteiger partial charge < -0.3 is 11.1 Å². The quantitative estimate of drug-likeness (QED) is 0.873. The van der Waals surface area contributed by atoms with E-state index < -0.39 is 0 Å². The van der Waals surface area contributed by atoms with Gasteiger partial charge in [0.25, 0.3) is 0 Å². The number of pyridine rings is 1. The summed E-state index contributed by atoms with van der Waals surface area (Å²) in [4.78, 5) is 4.29. The lowest BCUT2D eigenvalue weighted by atomic mass is 10.1. The van der Waals surface area contributed by atoms with E-state index in [0.717, 1.165) is 22.1 Å². The van der Waals surface area contributed by atoms with Gasteiger partial charge in [-0.25, -0.2) is 4.98 Å². The molecule has 0 amide bonds. The molecule has 0 radical (unpaired) electrons. The predicted molar refractivity (Wildman–Crippen MR) is 71.6 cm³/mol. The molecule has 0 spiro atoms. The minimum Gasteiger partial charge on any atom is -0.340 e. The Morgan fingerprint density at radius 1 is 1.18 bits per heavy atom. The van der Waals surface area contributed by atoms with E-state index in [1.54, 1.807) is 6.20 Å². The first-order valence-corrected chi connectivity index (χ1v) is 5.77. The first kappa shape index (κ1) is 11.9. The molecule has 0 bridgehead atoms. The summed E-state index contributed by atoms with van der Waals surface area (Å²) in [6.07, 6.45) is 1.78. The van der Waals surface area contributed by atoms with Gasteiger partial charge in [-0.1, -0.05) is 17.7 Å². The summed E-state index contributed by atoms with van der Waals surface area (Å²) in [5, 5.41) is 3.91. The topological polar surface area (TPSA) is 50.9 Å². The number of anilines is 2. The fourth-order valence-electron chi connectivity index (χ4n) is 1.43. The first-order valence-electron chi connectivity index (χ1n) is 5.39. The fourth-order valence-corrected chi connectivity index (χ4v) is 1.56. The highest BCUT2D eigenvalue weighted by molar-refractivity contribution is 6.30. The molecule has 1 unspecified atom stereocenters. The molecule has 3 nitrogen and oxygen atoms in total. The van der Waals surface area contributed by atoms with Crippen LogP contribution < -0.4 is 11.1 Å². The van der Waals surface area contributed by atoms with Gasteiger partial charge in [0.1, 0.15) is 5.82 Å². The Kier molecular flexibility index (Phi) is 3.61. The number of hydrogen-bond donors (Lipinski definition) is 2. The zero-order valence-electron chi connectivity index (χ0n) is 9.52. The van der Waals surface area contributed by atoms with Crippen molar-refractivity contribution in [1.29, 1.82) is 0 Å². The Hall–Kier alpha value is -1.58. The number of aromatic nitrogens is 1. The van der Waals surface area contributed by atoms with Gasteiger partial charge in [-0.05, 0) is 42.8 Å². The molecule has 1 aromatic heterocycles. The molecule has 4 heteroatoms. The summed E-state index contributed by atoms with van der Waals surface area (Å²) in [5.41, 5.74) is 7.73. The van der Waals surface area contributed by atoms with E-state index >= 15 is 0 Å². The third-order valence-corrected chi connectivity index (χ3v) is 2.68. The van der Waals surface area contributed by atoms with Crippen molar-refractivity contribution in [2.45, 2.75) is 13.0 Å². The lowest BCUT2D eigenvalue weighted by molar-refractivity contribution is 0.812. The molecular formula is C13H14ClN3. The lowest BCUT2D eigenvalue weighted by Gasteiger charge is -2.08. The van der Waals surface area contributed by atoms with Gasteiger partial charge in [0.15, 0.2) is 0 Å². The van der Waals surface area contributed by atoms with Crippen molar-refractivity contribution in [3.05, 3.63) is 53.2 Å². The van der Waals surface area contributed by atoms with Gasteiger partial charge in [-0.15, -0.1) is 0 Å². The van der Waals surface area contributed by atoms with E-state index in [9.17, 15) is 0 Å². The third-order valence-electron chi connectivity index (χ3n) is 2.43. The molecule has 3 N–H and O–H groups in total. The molecule has 1 heterocycles. The first-order chi connectivity index (χ1) is 8.15. The van der Waals surface area contributed by atoms with Crippen LogP contribution in [0.25, 0.3) is 0 Å². The van der Waals surface area contributed by atoms with Gasteiger partial charge in [-0.3, -0.25) is 0 Å². The molecule has 0 fully saturated rings. The zero-order chi connectivity index (χ0) is 12.3. The second-order valence-electron chi connectivity index (χ2n) is 3.90. The number of hydrogen-bond acceptors (Lipinski definition) is 3. The molecule has 17 heavy (non-hydrogen) atoms. The average Bonchev–Trinajstić information content (AvgIpc) is 2.33. The molecule has 0 aliphatic heterocycles. The Labute approximate surface area is 106 Å². The van der Waals surface area contributed by atoms with Crippen molar-refractivity contribution in [1.82, 2.24) is 4.98 Å². The van der Waals surface area contributed by atoms with E-state index in [1.807, 2.05) is 43.3 Å². The summed E-state index contributed by atoms with van der Waals surface area (Å²) >= 11 is 5.81. The maximum atomic E-state index is 5.81. The van der Waals surface area contributed by atoms with Crippen LogP contribution >= 0.6 is 11.6 Å². The van der Waals surface area contributed by atoms with Crippen LogP contribution in [0.15, 0.2) is 42.6 Å². The molecule has 2 rings (SSSR count). The molecule has 0 aliphatic carbocycles. The van der Waals surface area contributed by atoms with Gasteiger partial charge in [0.2, 0.25) is 0 Å². The van der Waals surface area contributed by atoms with Crippen LogP contribution in [0.1, 0.15) is 18.5 Å². The highest BCUT2D eigenvalue weighted by atomic mass is 35.5. The highest BCUT2D eigenvalue weighted by Crippen LogP contribution is 2.18. The fraction of sp³-hybridized carbons (Fsp3) is 0.154. The summed E-state index contributed by atoms with van der Waals surface area (Å²) in [6.45, 7) is 1.93. The van der Waals surface area contributed by atoms with Crippen LogP contribution in [0.3, 0.4) is 0 Å². The Bertz CT molecular complexity index is 477. The number of nitrogens with zero attached hydrogens (tertiary/aromatic N) is 1. The van der Waals surface area contributed by atoms with Gasteiger partial charge in [0.05, 0.1) is 0 Å². The van der Waals surface area contributed by atoms with Gasteiger partial charge in [0, 0.05) is 22.9 Å². The summed E-state index contributed by atoms with van der Waals surface area (Å²) in [6, 6.07) is 11.4. The molecule has 0 aliphatic rings. The largest absolute Gasteiger partial charge is 0.340 e. The normalized spacial score (nSPS) is 12.2. The smallest absolute Gasteiger partial charge is 0.130 e. The van der Waals surface area contributed by atoms with Crippen LogP contribution in [0, 0.1) is 0 Å². The molecule has 0 saturated carbocycles. The lowest BCUT2D eigenvalue weighted by Crippen LogP contribution is -2.05. The molecule has 1 aromatic carbocycles. The standard InChI is InChI=1S/C13H14ClN3/c1-9(15)10-2-7-13(16-8-10)17-12-5-3-11(14)4-6-12/h2-9H,15H2,1H3,(H,16,17). The van der Waals surface area contributed by atoms with Crippen LogP contribution in [-0.2, 0) is 0 Å². The van der Waals surface area contributed by atoms with E-state index in [1.165, 1.54) is 0 Å². The average molecular weight is 248 g/mol. The maximum Gasteiger partial charge on any atom is 0.130 e. The Balaban J connectivity index is 2.11. The van der Waals surface area contributed by atoms with E-state index in [-0.39, 0.29) is 6.04 Å². The molecular weight excluding hydrogens is 234 g/mol. The van der Waals surface area contributed by atoms with Crippen molar-refractivity contribution in [3.8, 4) is 0 Å². The summed E-state index contributed by atoms with van der Waals surface area (Å²) in [5.74, 6) is 0.789. The van der Waals surface area contributed by atoms with Crippen molar-refractivity contribution >= 4 is 23.1 Å². The van der Waals surface area contributed by atoms with Crippen LogP contribution in [0.2, 0.25) is 5.02 Å². The van der Waals surface area contributed by atoms with Gasteiger partial charge in [-0.2, -0.15) is 0 Å². The monoisotopic (exact) mass is 247 g/mol. The number of nitrogens with two attached hydrogens (primary N) is 1. The zero-order valence-corrected chi connectivity index (χ0v) is 10.3.